The Morgan fingerprint density at radius 3 is 1.80 bits per heavy atom. The van der Waals surface area contributed by atoms with Gasteiger partial charge in [0.25, 0.3) is 0 Å². The first-order chi connectivity index (χ1) is 9.72. The molecule has 0 aromatic heterocycles. The van der Waals surface area contributed by atoms with Crippen LogP contribution in [0.3, 0.4) is 0 Å². The Hall–Kier alpha value is -2.42. The molecule has 0 aliphatic carbocycles. The van der Waals surface area contributed by atoms with Gasteiger partial charge in [-0.3, -0.25) is 0 Å². The summed E-state index contributed by atoms with van der Waals surface area (Å²) in [4.78, 5) is 0. The lowest BCUT2D eigenvalue weighted by Gasteiger charge is -2.14. The van der Waals surface area contributed by atoms with E-state index in [2.05, 4.69) is 36.2 Å². The van der Waals surface area contributed by atoms with Crippen LogP contribution in [-0.2, 0) is 4.74 Å². The highest BCUT2D eigenvalue weighted by Crippen LogP contribution is 2.12. The summed E-state index contributed by atoms with van der Waals surface area (Å²) in [5.74, 6) is 0.584. The number of ether oxygens (including phenoxy) is 1. The van der Waals surface area contributed by atoms with E-state index in [4.69, 9.17) is 4.74 Å². The molecule has 0 spiro atoms. The Balaban J connectivity index is 1.85. The summed E-state index contributed by atoms with van der Waals surface area (Å²) in [5, 5.41) is 8.48. The topological polar surface area (TPSA) is 34.0 Å². The van der Waals surface area contributed by atoms with Crippen LogP contribution < -0.4 is 0 Å². The highest BCUT2D eigenvalue weighted by atomic mass is 16.5. The maximum Gasteiger partial charge on any atom is 0.241 e. The average Bonchev–Trinajstić information content (AvgIpc) is 2.49. The molecule has 0 N–H and O–H groups in total. The van der Waals surface area contributed by atoms with E-state index in [1.165, 1.54) is 11.1 Å². The van der Waals surface area contributed by atoms with Crippen LogP contribution in [0.4, 0.5) is 0 Å². The third-order valence-corrected chi connectivity index (χ3v) is 3.29. The fourth-order valence-electron chi connectivity index (χ4n) is 2.02. The normalized spacial score (nSPS) is 14.3. The third kappa shape index (κ3) is 2.62. The molecule has 20 heavy (non-hydrogen) atoms. The van der Waals surface area contributed by atoms with Crippen molar-refractivity contribution in [3.63, 3.8) is 0 Å². The van der Waals surface area contributed by atoms with Crippen molar-refractivity contribution in [3.05, 3.63) is 70.8 Å². The van der Waals surface area contributed by atoms with Crippen molar-refractivity contribution in [1.82, 2.24) is 0 Å². The van der Waals surface area contributed by atoms with Gasteiger partial charge in [-0.15, -0.1) is 10.2 Å². The second-order valence-corrected chi connectivity index (χ2v) is 4.97. The Kier molecular flexibility index (Phi) is 3.33. The van der Waals surface area contributed by atoms with Gasteiger partial charge in [0, 0.05) is 11.1 Å². The molecular formula is C17H16N2O. The van der Waals surface area contributed by atoms with Gasteiger partial charge in [-0.2, -0.15) is 0 Å². The van der Waals surface area contributed by atoms with Gasteiger partial charge in [-0.05, 0) is 26.0 Å². The van der Waals surface area contributed by atoms with Gasteiger partial charge >= 0.3 is 0 Å². The summed E-state index contributed by atoms with van der Waals surface area (Å²) < 4.78 is 5.72. The molecule has 0 fully saturated rings. The molecule has 2 aromatic rings. The van der Waals surface area contributed by atoms with E-state index in [-0.39, 0.29) is 0 Å². The zero-order valence-electron chi connectivity index (χ0n) is 11.6. The monoisotopic (exact) mass is 264 g/mol. The molecule has 0 bridgehead atoms. The molecule has 2 aromatic carbocycles. The van der Waals surface area contributed by atoms with E-state index in [1.54, 1.807) is 0 Å². The van der Waals surface area contributed by atoms with E-state index >= 15 is 0 Å². The molecule has 1 aliphatic rings. The Morgan fingerprint density at radius 2 is 1.30 bits per heavy atom. The first-order valence-electron chi connectivity index (χ1n) is 6.64. The van der Waals surface area contributed by atoms with Crippen LogP contribution in [0.2, 0.25) is 0 Å². The van der Waals surface area contributed by atoms with Crippen LogP contribution in [0, 0.1) is 13.8 Å². The Bertz CT molecular complexity index is 606. The van der Waals surface area contributed by atoms with Gasteiger partial charge in [0.2, 0.25) is 5.90 Å². The van der Waals surface area contributed by atoms with Crippen molar-refractivity contribution in [3.8, 4) is 0 Å². The minimum Gasteiger partial charge on any atom is -0.470 e. The number of benzene rings is 2. The molecule has 0 saturated heterocycles. The Labute approximate surface area is 118 Å². The maximum atomic E-state index is 5.72. The standard InChI is InChI=1S/C17H16N2O/c1-12-3-7-14(8-4-12)16-11-20-17(19-18-16)15-9-5-13(2)6-10-15/h3-10H,11H2,1-2H3. The third-order valence-electron chi connectivity index (χ3n) is 3.29. The lowest BCUT2D eigenvalue weighted by molar-refractivity contribution is 0.357. The van der Waals surface area contributed by atoms with Crippen molar-refractivity contribution in [2.45, 2.75) is 13.8 Å². The summed E-state index contributed by atoms with van der Waals surface area (Å²) in [7, 11) is 0. The highest BCUT2D eigenvalue weighted by Gasteiger charge is 2.13. The molecule has 0 amide bonds. The van der Waals surface area contributed by atoms with Gasteiger partial charge in [0.1, 0.15) is 12.3 Å². The summed E-state index contributed by atoms with van der Waals surface area (Å²) >= 11 is 0. The van der Waals surface area contributed by atoms with Crippen molar-refractivity contribution in [1.29, 1.82) is 0 Å². The van der Waals surface area contributed by atoms with Gasteiger partial charge in [0.05, 0.1) is 0 Å². The molecule has 0 radical (unpaired) electrons. The minimum atomic E-state index is 0.454. The SMILES string of the molecule is Cc1ccc(C2=NN=C(c3ccc(C)cc3)OC2)cc1. The first kappa shape index (κ1) is 12.6. The summed E-state index contributed by atoms with van der Waals surface area (Å²) in [6.45, 7) is 4.58. The molecule has 3 rings (SSSR count). The van der Waals surface area contributed by atoms with Crippen LogP contribution in [0.15, 0.2) is 58.7 Å². The maximum absolute atomic E-state index is 5.72. The van der Waals surface area contributed by atoms with Crippen LogP contribution >= 0.6 is 0 Å². The van der Waals surface area contributed by atoms with Crippen LogP contribution in [-0.4, -0.2) is 18.2 Å². The number of hydrogen-bond donors (Lipinski definition) is 0. The minimum absolute atomic E-state index is 0.454. The van der Waals surface area contributed by atoms with Gasteiger partial charge in [-0.25, -0.2) is 0 Å². The van der Waals surface area contributed by atoms with Gasteiger partial charge in [0.15, 0.2) is 0 Å². The molecule has 0 saturated carbocycles. The van der Waals surface area contributed by atoms with Gasteiger partial charge < -0.3 is 4.74 Å². The second-order valence-electron chi connectivity index (χ2n) is 4.97. The number of hydrogen-bond acceptors (Lipinski definition) is 3. The van der Waals surface area contributed by atoms with Crippen LogP contribution in [0.5, 0.6) is 0 Å². The largest absolute Gasteiger partial charge is 0.470 e. The number of aryl methyl sites for hydroxylation is 2. The van der Waals surface area contributed by atoms with Crippen molar-refractivity contribution >= 4 is 11.6 Å². The van der Waals surface area contributed by atoms with Crippen LogP contribution in [0.25, 0.3) is 0 Å². The van der Waals surface area contributed by atoms with E-state index < -0.39 is 0 Å². The molecule has 0 unspecified atom stereocenters. The fraction of sp³-hybridized carbons (Fsp3) is 0.176. The molecule has 100 valence electrons. The zero-order chi connectivity index (χ0) is 13.9. The predicted octanol–water partition coefficient (Wildman–Crippen LogP) is 3.48. The van der Waals surface area contributed by atoms with E-state index in [9.17, 15) is 0 Å². The molecule has 3 nitrogen and oxygen atoms in total. The lowest BCUT2D eigenvalue weighted by atomic mass is 10.1. The van der Waals surface area contributed by atoms with E-state index in [0.717, 1.165) is 16.8 Å². The van der Waals surface area contributed by atoms with E-state index in [0.29, 0.717) is 12.5 Å². The van der Waals surface area contributed by atoms with Gasteiger partial charge in [-0.1, -0.05) is 47.5 Å². The first-order valence-corrected chi connectivity index (χ1v) is 6.64. The number of nitrogens with zero attached hydrogens (tertiary/aromatic N) is 2. The smallest absolute Gasteiger partial charge is 0.241 e. The summed E-state index contributed by atoms with van der Waals surface area (Å²) in [6, 6.07) is 16.3. The highest BCUT2D eigenvalue weighted by molar-refractivity contribution is 6.06. The average molecular weight is 264 g/mol. The molecule has 1 heterocycles. The molecule has 0 atom stereocenters. The van der Waals surface area contributed by atoms with Crippen molar-refractivity contribution < 1.29 is 4.74 Å². The van der Waals surface area contributed by atoms with E-state index in [1.807, 2.05) is 36.4 Å². The quantitative estimate of drug-likeness (QED) is 0.817. The lowest BCUT2D eigenvalue weighted by Crippen LogP contribution is -2.19. The molecular weight excluding hydrogens is 248 g/mol. The predicted molar refractivity (Wildman–Crippen MR) is 81.4 cm³/mol. The van der Waals surface area contributed by atoms with Crippen LogP contribution in [0.1, 0.15) is 22.3 Å². The molecule has 1 aliphatic heterocycles. The van der Waals surface area contributed by atoms with Crippen molar-refractivity contribution in [2.75, 3.05) is 6.61 Å². The van der Waals surface area contributed by atoms with Crippen molar-refractivity contribution in [2.24, 2.45) is 10.2 Å². The molecule has 3 heteroatoms. The Morgan fingerprint density at radius 1 is 0.750 bits per heavy atom. The second kappa shape index (κ2) is 5.29. The summed E-state index contributed by atoms with van der Waals surface area (Å²) in [5.41, 5.74) is 5.33. The number of rotatable bonds is 2. The zero-order valence-corrected chi connectivity index (χ0v) is 11.6. The fourth-order valence-corrected chi connectivity index (χ4v) is 2.02. The summed E-state index contributed by atoms with van der Waals surface area (Å²) in [6.07, 6.45) is 0.